The van der Waals surface area contributed by atoms with E-state index in [1.165, 1.54) is 0 Å². The third-order valence-electron chi connectivity index (χ3n) is 3.28. The van der Waals surface area contributed by atoms with Crippen LogP contribution in [-0.4, -0.2) is 27.1 Å². The van der Waals surface area contributed by atoms with Crippen LogP contribution in [0.25, 0.3) is 4.96 Å². The molecule has 2 aromatic heterocycles. The minimum absolute atomic E-state index is 0.255. The molecule has 1 N–H and O–H groups in total. The van der Waals surface area contributed by atoms with Crippen molar-refractivity contribution in [2.24, 2.45) is 0 Å². The molecular weight excluding hydrogens is 300 g/mol. The van der Waals surface area contributed by atoms with Gasteiger partial charge in [0.05, 0.1) is 12.3 Å². The van der Waals surface area contributed by atoms with Crippen LogP contribution in [0, 0.1) is 13.8 Å². The fourth-order valence-corrected chi connectivity index (χ4v) is 2.97. The molecule has 0 fully saturated rings. The lowest BCUT2D eigenvalue weighted by Crippen LogP contribution is -2.13. The summed E-state index contributed by atoms with van der Waals surface area (Å²) in [6.45, 7) is 6.46. The monoisotopic (exact) mass is 316 g/mol. The number of anilines is 1. The van der Waals surface area contributed by atoms with E-state index in [0.717, 1.165) is 15.5 Å². The molecule has 0 spiro atoms. The van der Waals surface area contributed by atoms with E-state index in [1.54, 1.807) is 34.1 Å². The molecule has 1 aromatic carbocycles. The molecule has 6 nitrogen and oxygen atoms in total. The predicted molar refractivity (Wildman–Crippen MR) is 85.9 cm³/mol. The van der Waals surface area contributed by atoms with Crippen LogP contribution in [0.1, 0.15) is 27.9 Å². The maximum absolute atomic E-state index is 12.3. The van der Waals surface area contributed by atoms with E-state index in [9.17, 15) is 4.79 Å². The molecule has 0 bridgehead atoms. The second-order valence-corrected chi connectivity index (χ2v) is 5.97. The van der Waals surface area contributed by atoms with Crippen LogP contribution < -0.4 is 10.1 Å². The minimum atomic E-state index is -0.255. The Labute approximate surface area is 131 Å². The van der Waals surface area contributed by atoms with Crippen LogP contribution in [0.4, 0.5) is 5.95 Å². The molecule has 0 unspecified atom stereocenters. The summed E-state index contributed by atoms with van der Waals surface area (Å²) in [5, 5.41) is 7.03. The SMILES string of the molecule is CCOc1cccc(C(=O)Nc2nc3sc(C)c(C)n3n2)c1. The molecule has 22 heavy (non-hydrogen) atoms. The van der Waals surface area contributed by atoms with Gasteiger partial charge in [-0.25, -0.2) is 4.52 Å². The zero-order chi connectivity index (χ0) is 15.7. The standard InChI is InChI=1S/C15H16N4O2S/c1-4-21-12-7-5-6-11(8-12)13(20)16-14-17-15-19(18-14)9(2)10(3)22-15/h5-8H,4H2,1-3H3,(H,16,18,20). The second kappa shape index (κ2) is 5.76. The van der Waals surface area contributed by atoms with Gasteiger partial charge in [-0.2, -0.15) is 4.98 Å². The summed E-state index contributed by atoms with van der Waals surface area (Å²) in [5.41, 5.74) is 1.54. The van der Waals surface area contributed by atoms with Gasteiger partial charge in [0, 0.05) is 10.4 Å². The van der Waals surface area contributed by atoms with Crippen LogP contribution in [0.2, 0.25) is 0 Å². The minimum Gasteiger partial charge on any atom is -0.494 e. The molecule has 0 saturated carbocycles. The van der Waals surface area contributed by atoms with Crippen molar-refractivity contribution in [3.05, 3.63) is 40.4 Å². The Kier molecular flexibility index (Phi) is 3.81. The van der Waals surface area contributed by atoms with E-state index in [1.807, 2.05) is 26.8 Å². The molecule has 3 rings (SSSR count). The van der Waals surface area contributed by atoms with E-state index in [-0.39, 0.29) is 5.91 Å². The molecule has 7 heteroatoms. The van der Waals surface area contributed by atoms with E-state index in [2.05, 4.69) is 15.4 Å². The number of hydrogen-bond acceptors (Lipinski definition) is 5. The fraction of sp³-hybridized carbons (Fsp3) is 0.267. The van der Waals surface area contributed by atoms with Gasteiger partial charge in [-0.15, -0.1) is 5.10 Å². The summed E-state index contributed by atoms with van der Waals surface area (Å²) >= 11 is 1.55. The highest BCUT2D eigenvalue weighted by Gasteiger charge is 2.14. The van der Waals surface area contributed by atoms with Crippen molar-refractivity contribution in [2.75, 3.05) is 11.9 Å². The number of fused-ring (bicyclic) bond motifs is 1. The van der Waals surface area contributed by atoms with Crippen molar-refractivity contribution < 1.29 is 9.53 Å². The van der Waals surface area contributed by atoms with Crippen molar-refractivity contribution >= 4 is 28.2 Å². The van der Waals surface area contributed by atoms with Crippen molar-refractivity contribution in [3.63, 3.8) is 0 Å². The van der Waals surface area contributed by atoms with Gasteiger partial charge < -0.3 is 4.74 Å². The normalized spacial score (nSPS) is 10.9. The Morgan fingerprint density at radius 2 is 2.23 bits per heavy atom. The van der Waals surface area contributed by atoms with Gasteiger partial charge in [-0.05, 0) is 39.0 Å². The highest BCUT2D eigenvalue weighted by Crippen LogP contribution is 2.21. The summed E-state index contributed by atoms with van der Waals surface area (Å²) in [5.74, 6) is 0.718. The number of hydrogen-bond donors (Lipinski definition) is 1. The first-order valence-corrected chi connectivity index (χ1v) is 7.77. The number of carbonyl (C=O) groups is 1. The number of aromatic nitrogens is 3. The molecule has 2 heterocycles. The number of ether oxygens (including phenoxy) is 1. The summed E-state index contributed by atoms with van der Waals surface area (Å²) < 4.78 is 7.14. The molecule has 114 valence electrons. The summed E-state index contributed by atoms with van der Waals surface area (Å²) in [6.07, 6.45) is 0. The van der Waals surface area contributed by atoms with Gasteiger partial charge in [0.2, 0.25) is 4.96 Å². The Hall–Kier alpha value is -2.41. The first kappa shape index (κ1) is 14.5. The number of carbonyl (C=O) groups excluding carboxylic acids is 1. The van der Waals surface area contributed by atoms with Crippen LogP contribution >= 0.6 is 11.3 Å². The van der Waals surface area contributed by atoms with Crippen LogP contribution in [-0.2, 0) is 0 Å². The van der Waals surface area contributed by atoms with Crippen molar-refractivity contribution in [1.82, 2.24) is 14.6 Å². The first-order valence-electron chi connectivity index (χ1n) is 6.95. The number of aryl methyl sites for hydroxylation is 2. The highest BCUT2D eigenvalue weighted by molar-refractivity contribution is 7.17. The molecule has 0 aliphatic carbocycles. The molecule has 0 aliphatic heterocycles. The maximum Gasteiger partial charge on any atom is 0.258 e. The second-order valence-electron chi connectivity index (χ2n) is 4.79. The molecule has 3 aromatic rings. The molecular formula is C15H16N4O2S. The summed E-state index contributed by atoms with van der Waals surface area (Å²) in [6, 6.07) is 7.03. The van der Waals surface area contributed by atoms with Crippen molar-refractivity contribution in [3.8, 4) is 5.75 Å². The Morgan fingerprint density at radius 3 is 2.95 bits per heavy atom. The lowest BCUT2D eigenvalue weighted by atomic mass is 10.2. The quantitative estimate of drug-likeness (QED) is 0.803. The van der Waals surface area contributed by atoms with E-state index in [4.69, 9.17) is 4.74 Å². The van der Waals surface area contributed by atoms with Gasteiger partial charge in [0.15, 0.2) is 0 Å². The summed E-state index contributed by atoms with van der Waals surface area (Å²) in [7, 11) is 0. The lowest BCUT2D eigenvalue weighted by molar-refractivity contribution is 0.102. The Morgan fingerprint density at radius 1 is 1.41 bits per heavy atom. The van der Waals surface area contributed by atoms with Gasteiger partial charge in [-0.1, -0.05) is 17.4 Å². The van der Waals surface area contributed by atoms with Crippen LogP contribution in [0.5, 0.6) is 5.75 Å². The van der Waals surface area contributed by atoms with Crippen LogP contribution in [0.3, 0.4) is 0 Å². The molecule has 0 radical (unpaired) electrons. The van der Waals surface area contributed by atoms with Gasteiger partial charge >= 0.3 is 0 Å². The zero-order valence-corrected chi connectivity index (χ0v) is 13.4. The highest BCUT2D eigenvalue weighted by atomic mass is 32.1. The maximum atomic E-state index is 12.3. The molecule has 0 atom stereocenters. The lowest BCUT2D eigenvalue weighted by Gasteiger charge is -2.05. The van der Waals surface area contributed by atoms with Gasteiger partial charge in [-0.3, -0.25) is 10.1 Å². The Bertz CT molecular complexity index is 837. The number of benzene rings is 1. The van der Waals surface area contributed by atoms with E-state index >= 15 is 0 Å². The average molecular weight is 316 g/mol. The zero-order valence-electron chi connectivity index (χ0n) is 12.6. The van der Waals surface area contributed by atoms with Crippen molar-refractivity contribution in [1.29, 1.82) is 0 Å². The van der Waals surface area contributed by atoms with Gasteiger partial charge in [0.1, 0.15) is 5.75 Å². The summed E-state index contributed by atoms with van der Waals surface area (Å²) in [4.78, 5) is 18.5. The van der Waals surface area contributed by atoms with E-state index in [0.29, 0.717) is 23.9 Å². The molecule has 0 saturated heterocycles. The average Bonchev–Trinajstić information content (AvgIpc) is 2.99. The van der Waals surface area contributed by atoms with Crippen LogP contribution in [0.15, 0.2) is 24.3 Å². The van der Waals surface area contributed by atoms with Gasteiger partial charge in [0.25, 0.3) is 11.9 Å². The third-order valence-corrected chi connectivity index (χ3v) is 4.33. The third kappa shape index (κ3) is 2.67. The number of rotatable bonds is 4. The van der Waals surface area contributed by atoms with E-state index < -0.39 is 0 Å². The van der Waals surface area contributed by atoms with Crippen molar-refractivity contribution in [2.45, 2.75) is 20.8 Å². The number of nitrogens with one attached hydrogen (secondary N) is 1. The largest absolute Gasteiger partial charge is 0.494 e. The molecule has 1 amide bonds. The number of thiazole rings is 1. The smallest absolute Gasteiger partial charge is 0.258 e. The number of nitrogens with zero attached hydrogens (tertiary/aromatic N) is 3. The molecule has 0 aliphatic rings. The topological polar surface area (TPSA) is 68.5 Å². The first-order chi connectivity index (χ1) is 10.6. The fourth-order valence-electron chi connectivity index (χ4n) is 2.06. The predicted octanol–water partition coefficient (Wildman–Crippen LogP) is 3.06. The Balaban J connectivity index is 1.81. The number of amides is 1.